The first-order chi connectivity index (χ1) is 12.1. The lowest BCUT2D eigenvalue weighted by Gasteiger charge is -2.22. The Balaban J connectivity index is 1.72. The number of carbonyl (C=O) groups excluding carboxylic acids is 1. The number of benzene rings is 1. The molecule has 0 unspecified atom stereocenters. The number of anilines is 1. The van der Waals surface area contributed by atoms with Crippen molar-refractivity contribution in [2.24, 2.45) is 0 Å². The smallest absolute Gasteiger partial charge is 0.270 e. The molecule has 0 spiro atoms. The minimum absolute atomic E-state index is 0.0682. The van der Waals surface area contributed by atoms with Crippen LogP contribution in [0.3, 0.4) is 0 Å². The van der Waals surface area contributed by atoms with E-state index in [1.54, 1.807) is 11.3 Å². The third kappa shape index (κ3) is 3.26. The van der Waals surface area contributed by atoms with Gasteiger partial charge in [-0.15, -0.1) is 23.1 Å². The van der Waals surface area contributed by atoms with Crippen molar-refractivity contribution in [2.75, 3.05) is 11.4 Å². The lowest BCUT2D eigenvalue weighted by molar-refractivity contribution is 0.0989. The maximum atomic E-state index is 13.3. The van der Waals surface area contributed by atoms with E-state index in [1.807, 2.05) is 41.1 Å². The highest BCUT2D eigenvalue weighted by Gasteiger charge is 2.27. The molecule has 0 N–H and O–H groups in total. The van der Waals surface area contributed by atoms with Gasteiger partial charge in [-0.1, -0.05) is 19.1 Å². The van der Waals surface area contributed by atoms with E-state index in [-0.39, 0.29) is 5.91 Å². The van der Waals surface area contributed by atoms with Gasteiger partial charge in [0.15, 0.2) is 0 Å². The zero-order valence-corrected chi connectivity index (χ0v) is 16.5. The molecule has 0 saturated carbocycles. The number of thiophene rings is 1. The standard InChI is InChI=1S/C19H18N2OS3/c1-12-7-9-21(15-5-3-4-6-16(15)24-12)19(22)17-13(2)20-18(25-17)14-8-10-23-11-14/h3-6,8,10-12H,7,9H2,1-2H3/t12-/m1/s1. The first kappa shape index (κ1) is 16.8. The molecule has 0 aliphatic carbocycles. The molecule has 1 aromatic carbocycles. The summed E-state index contributed by atoms with van der Waals surface area (Å²) < 4.78 is 0. The van der Waals surface area contributed by atoms with E-state index in [0.717, 1.165) is 39.8 Å². The minimum atomic E-state index is 0.0682. The second-order valence-corrected chi connectivity index (χ2v) is 9.35. The molecule has 0 radical (unpaired) electrons. The first-order valence-corrected chi connectivity index (χ1v) is 10.8. The van der Waals surface area contributed by atoms with E-state index < -0.39 is 0 Å². The van der Waals surface area contributed by atoms with Gasteiger partial charge >= 0.3 is 0 Å². The Morgan fingerprint density at radius 2 is 2.12 bits per heavy atom. The minimum Gasteiger partial charge on any atom is -0.306 e. The summed E-state index contributed by atoms with van der Waals surface area (Å²) in [5.74, 6) is 0.0682. The predicted molar refractivity (Wildman–Crippen MR) is 108 cm³/mol. The van der Waals surface area contributed by atoms with E-state index >= 15 is 0 Å². The molecule has 0 saturated heterocycles. The van der Waals surface area contributed by atoms with Crippen LogP contribution in [0.15, 0.2) is 46.0 Å². The Labute approximate surface area is 159 Å². The summed E-state index contributed by atoms with van der Waals surface area (Å²) in [5, 5.41) is 5.54. The average molecular weight is 387 g/mol. The number of hydrogen-bond donors (Lipinski definition) is 0. The number of aryl methyl sites for hydroxylation is 1. The van der Waals surface area contributed by atoms with Crippen LogP contribution in [0.2, 0.25) is 0 Å². The van der Waals surface area contributed by atoms with Gasteiger partial charge in [0.2, 0.25) is 0 Å². The summed E-state index contributed by atoms with van der Waals surface area (Å²) in [6.07, 6.45) is 0.986. The Morgan fingerprint density at radius 1 is 1.28 bits per heavy atom. The summed E-state index contributed by atoms with van der Waals surface area (Å²) in [4.78, 5) is 21.8. The van der Waals surface area contributed by atoms with E-state index in [2.05, 4.69) is 35.5 Å². The summed E-state index contributed by atoms with van der Waals surface area (Å²) >= 11 is 5.00. The largest absolute Gasteiger partial charge is 0.306 e. The predicted octanol–water partition coefficient (Wildman–Crippen LogP) is 5.71. The fourth-order valence-electron chi connectivity index (χ4n) is 2.92. The highest BCUT2D eigenvalue weighted by atomic mass is 32.2. The lowest BCUT2D eigenvalue weighted by Crippen LogP contribution is -2.32. The fraction of sp³-hybridized carbons (Fsp3) is 0.263. The molecule has 6 heteroatoms. The van der Waals surface area contributed by atoms with E-state index in [9.17, 15) is 4.79 Å². The van der Waals surface area contributed by atoms with E-state index in [0.29, 0.717) is 5.25 Å². The Kier molecular flexibility index (Phi) is 4.67. The molecule has 3 heterocycles. The summed E-state index contributed by atoms with van der Waals surface area (Å²) in [6.45, 7) is 4.90. The van der Waals surface area contributed by atoms with Crippen LogP contribution in [0, 0.1) is 6.92 Å². The van der Waals surface area contributed by atoms with Crippen molar-refractivity contribution in [3.63, 3.8) is 0 Å². The van der Waals surface area contributed by atoms with Crippen LogP contribution < -0.4 is 4.90 Å². The van der Waals surface area contributed by atoms with Gasteiger partial charge in [0.05, 0.1) is 11.4 Å². The highest BCUT2D eigenvalue weighted by Crippen LogP contribution is 2.39. The molecule has 4 rings (SSSR count). The monoisotopic (exact) mass is 386 g/mol. The number of fused-ring (bicyclic) bond motifs is 1. The van der Waals surface area contributed by atoms with Crippen molar-refractivity contribution in [3.8, 4) is 10.6 Å². The molecular weight excluding hydrogens is 368 g/mol. The maximum absolute atomic E-state index is 13.3. The van der Waals surface area contributed by atoms with E-state index in [1.165, 1.54) is 16.2 Å². The lowest BCUT2D eigenvalue weighted by atomic mass is 10.2. The highest BCUT2D eigenvalue weighted by molar-refractivity contribution is 8.00. The van der Waals surface area contributed by atoms with Crippen molar-refractivity contribution in [1.29, 1.82) is 0 Å². The zero-order chi connectivity index (χ0) is 17.4. The normalized spacial score (nSPS) is 17.2. The maximum Gasteiger partial charge on any atom is 0.270 e. The summed E-state index contributed by atoms with van der Waals surface area (Å²) in [7, 11) is 0. The van der Waals surface area contributed by atoms with Crippen LogP contribution in [0.5, 0.6) is 0 Å². The van der Waals surface area contributed by atoms with Gasteiger partial charge in [-0.3, -0.25) is 4.79 Å². The van der Waals surface area contributed by atoms with Gasteiger partial charge in [-0.25, -0.2) is 4.98 Å². The second kappa shape index (κ2) is 6.94. The fourth-order valence-corrected chi connectivity index (χ4v) is 5.76. The third-order valence-corrected chi connectivity index (χ3v) is 7.36. The van der Waals surface area contributed by atoms with Gasteiger partial charge in [0.25, 0.3) is 5.91 Å². The molecule has 3 aromatic rings. The molecule has 1 amide bonds. The summed E-state index contributed by atoms with van der Waals surface area (Å²) in [5.41, 5.74) is 2.93. The van der Waals surface area contributed by atoms with Crippen LogP contribution in [-0.2, 0) is 0 Å². The number of amides is 1. The SMILES string of the molecule is Cc1nc(-c2ccsc2)sc1C(=O)N1CC[C@@H](C)Sc2ccccc21. The van der Waals surface area contributed by atoms with Crippen LogP contribution >= 0.6 is 34.4 Å². The topological polar surface area (TPSA) is 33.2 Å². The number of thiazole rings is 1. The Morgan fingerprint density at radius 3 is 2.92 bits per heavy atom. The Bertz CT molecular complexity index is 901. The molecule has 0 bridgehead atoms. The van der Waals surface area contributed by atoms with Crippen LogP contribution in [-0.4, -0.2) is 22.7 Å². The van der Waals surface area contributed by atoms with Gasteiger partial charge in [0.1, 0.15) is 9.88 Å². The molecule has 1 aliphatic rings. The molecule has 128 valence electrons. The van der Waals surface area contributed by atoms with E-state index in [4.69, 9.17) is 0 Å². The molecule has 1 aliphatic heterocycles. The number of aromatic nitrogens is 1. The van der Waals surface area contributed by atoms with Crippen LogP contribution in [0.25, 0.3) is 10.6 Å². The third-order valence-electron chi connectivity index (χ3n) is 4.25. The number of rotatable bonds is 2. The van der Waals surface area contributed by atoms with Gasteiger partial charge in [0, 0.05) is 27.6 Å². The molecule has 1 atom stereocenters. The number of hydrogen-bond acceptors (Lipinski definition) is 5. The molecule has 0 fully saturated rings. The number of thioether (sulfide) groups is 1. The summed E-state index contributed by atoms with van der Waals surface area (Å²) in [6, 6.07) is 10.3. The van der Waals surface area contributed by atoms with Crippen LogP contribution in [0.4, 0.5) is 5.69 Å². The van der Waals surface area contributed by atoms with Crippen LogP contribution in [0.1, 0.15) is 28.7 Å². The van der Waals surface area contributed by atoms with Crippen molar-refractivity contribution in [3.05, 3.63) is 51.7 Å². The van der Waals surface area contributed by atoms with Crippen molar-refractivity contribution in [1.82, 2.24) is 4.98 Å². The quantitative estimate of drug-likeness (QED) is 0.565. The van der Waals surface area contributed by atoms with Gasteiger partial charge < -0.3 is 4.90 Å². The molecular formula is C19H18N2OS3. The molecule has 2 aromatic heterocycles. The number of carbonyl (C=O) groups is 1. The first-order valence-electron chi connectivity index (χ1n) is 8.21. The van der Waals surface area contributed by atoms with Gasteiger partial charge in [-0.2, -0.15) is 11.3 Å². The zero-order valence-electron chi connectivity index (χ0n) is 14.1. The van der Waals surface area contributed by atoms with Gasteiger partial charge in [-0.05, 0) is 36.9 Å². The van der Waals surface area contributed by atoms with Crippen molar-refractivity contribution >= 4 is 46.0 Å². The van der Waals surface area contributed by atoms with Crippen molar-refractivity contribution in [2.45, 2.75) is 30.4 Å². The molecule has 25 heavy (non-hydrogen) atoms. The second-order valence-electron chi connectivity index (χ2n) is 6.09. The number of para-hydroxylation sites is 1. The van der Waals surface area contributed by atoms with Crippen molar-refractivity contribution < 1.29 is 4.79 Å². The molecule has 3 nitrogen and oxygen atoms in total. The number of nitrogens with zero attached hydrogens (tertiary/aromatic N) is 2. The Hall–Kier alpha value is -1.63. The average Bonchev–Trinajstić information content (AvgIpc) is 3.22.